The highest BCUT2D eigenvalue weighted by Gasteiger charge is 2.14. The first-order chi connectivity index (χ1) is 7.74. The number of carbonyl (C=O) groups is 1. The van der Waals surface area contributed by atoms with Gasteiger partial charge in [-0.2, -0.15) is 0 Å². The number of esters is 1. The van der Waals surface area contributed by atoms with Gasteiger partial charge in [-0.1, -0.05) is 24.0 Å². The molecule has 0 aromatic heterocycles. The summed E-state index contributed by atoms with van der Waals surface area (Å²) in [6.45, 7) is 5.43. The van der Waals surface area contributed by atoms with Gasteiger partial charge in [0, 0.05) is 18.8 Å². The highest BCUT2D eigenvalue weighted by Crippen LogP contribution is 2.12. The Morgan fingerprint density at radius 2 is 2.19 bits per heavy atom. The van der Waals surface area contributed by atoms with E-state index in [4.69, 9.17) is 21.7 Å². The number of rotatable bonds is 4. The van der Waals surface area contributed by atoms with Gasteiger partial charge < -0.3 is 14.4 Å². The lowest BCUT2D eigenvalue weighted by molar-refractivity contribution is -0.142. The molecule has 1 saturated heterocycles. The first-order valence-electron chi connectivity index (χ1n) is 5.39. The van der Waals surface area contributed by atoms with Crippen LogP contribution in [0.25, 0.3) is 0 Å². The number of hydrogen-bond donors (Lipinski definition) is 0. The Bertz CT molecular complexity index is 242. The van der Waals surface area contributed by atoms with Crippen molar-refractivity contribution < 1.29 is 14.3 Å². The predicted octanol–water partition coefficient (Wildman–Crippen LogP) is 1.29. The molecule has 16 heavy (non-hydrogen) atoms. The fourth-order valence-electron chi connectivity index (χ4n) is 1.29. The lowest BCUT2D eigenvalue weighted by Crippen LogP contribution is -2.38. The van der Waals surface area contributed by atoms with Gasteiger partial charge in [-0.3, -0.25) is 4.79 Å². The van der Waals surface area contributed by atoms with Crippen molar-refractivity contribution in [2.75, 3.05) is 38.7 Å². The van der Waals surface area contributed by atoms with Crippen molar-refractivity contribution in [1.29, 1.82) is 0 Å². The largest absolute Gasteiger partial charge is 0.466 e. The SMILES string of the molecule is CCOC(=O)CCSC(=S)N1CCOCC1. The summed E-state index contributed by atoms with van der Waals surface area (Å²) >= 11 is 6.81. The molecule has 0 saturated carbocycles. The molecule has 92 valence electrons. The van der Waals surface area contributed by atoms with Gasteiger partial charge in [0.2, 0.25) is 0 Å². The van der Waals surface area contributed by atoms with E-state index in [1.54, 1.807) is 0 Å². The van der Waals surface area contributed by atoms with Gasteiger partial charge in [0.15, 0.2) is 0 Å². The van der Waals surface area contributed by atoms with Crippen molar-refractivity contribution in [3.63, 3.8) is 0 Å². The average Bonchev–Trinajstić information content (AvgIpc) is 2.30. The summed E-state index contributed by atoms with van der Waals surface area (Å²) in [6, 6.07) is 0. The van der Waals surface area contributed by atoms with E-state index in [1.165, 1.54) is 11.8 Å². The molecule has 6 heteroatoms. The molecule has 4 nitrogen and oxygen atoms in total. The average molecular weight is 263 g/mol. The molecule has 0 spiro atoms. The predicted molar refractivity (Wildman–Crippen MR) is 68.7 cm³/mol. The number of thioether (sulfide) groups is 1. The normalized spacial score (nSPS) is 15.9. The van der Waals surface area contributed by atoms with Gasteiger partial charge in [0.25, 0.3) is 0 Å². The molecular formula is C10H17NO3S2. The third-order valence-corrected chi connectivity index (χ3v) is 3.63. The quantitative estimate of drug-likeness (QED) is 0.562. The zero-order valence-corrected chi connectivity index (χ0v) is 11.1. The molecule has 1 aliphatic heterocycles. The standard InChI is InChI=1S/C10H17NO3S2/c1-2-14-9(12)3-8-16-10(15)11-4-6-13-7-5-11/h2-8H2,1H3. The fraction of sp³-hybridized carbons (Fsp3) is 0.800. The maximum atomic E-state index is 11.1. The summed E-state index contributed by atoms with van der Waals surface area (Å²) in [5, 5.41) is 0. The van der Waals surface area contributed by atoms with Crippen molar-refractivity contribution >= 4 is 34.3 Å². The van der Waals surface area contributed by atoms with Crippen LogP contribution in [-0.2, 0) is 14.3 Å². The van der Waals surface area contributed by atoms with Crippen LogP contribution in [0, 0.1) is 0 Å². The molecule has 1 fully saturated rings. The molecule has 1 aliphatic rings. The minimum absolute atomic E-state index is 0.153. The minimum atomic E-state index is -0.153. The Morgan fingerprint density at radius 3 is 2.81 bits per heavy atom. The molecule has 0 amide bonds. The maximum Gasteiger partial charge on any atom is 0.306 e. The van der Waals surface area contributed by atoms with Gasteiger partial charge in [-0.25, -0.2) is 0 Å². The summed E-state index contributed by atoms with van der Waals surface area (Å²) in [4.78, 5) is 13.2. The second-order valence-corrected chi connectivity index (χ2v) is 5.00. The minimum Gasteiger partial charge on any atom is -0.466 e. The maximum absolute atomic E-state index is 11.1. The van der Waals surface area contributed by atoms with Gasteiger partial charge in [-0.15, -0.1) is 0 Å². The van der Waals surface area contributed by atoms with Crippen LogP contribution in [0.1, 0.15) is 13.3 Å². The van der Waals surface area contributed by atoms with E-state index in [9.17, 15) is 4.79 Å². The summed E-state index contributed by atoms with van der Waals surface area (Å²) in [6.07, 6.45) is 0.420. The van der Waals surface area contributed by atoms with Crippen LogP contribution in [0.3, 0.4) is 0 Å². The van der Waals surface area contributed by atoms with E-state index in [1.807, 2.05) is 6.92 Å². The lowest BCUT2D eigenvalue weighted by atomic mass is 10.5. The Balaban J connectivity index is 2.12. The summed E-state index contributed by atoms with van der Waals surface area (Å²) in [5.41, 5.74) is 0. The number of nitrogens with zero attached hydrogens (tertiary/aromatic N) is 1. The molecule has 0 atom stereocenters. The lowest BCUT2D eigenvalue weighted by Gasteiger charge is -2.28. The van der Waals surface area contributed by atoms with Crippen LogP contribution in [0.4, 0.5) is 0 Å². The third kappa shape index (κ3) is 5.14. The summed E-state index contributed by atoms with van der Waals surface area (Å²) < 4.78 is 10.9. The van der Waals surface area contributed by atoms with E-state index < -0.39 is 0 Å². The van der Waals surface area contributed by atoms with Crippen molar-refractivity contribution in [2.24, 2.45) is 0 Å². The first-order valence-corrected chi connectivity index (χ1v) is 6.78. The van der Waals surface area contributed by atoms with Crippen LogP contribution >= 0.6 is 24.0 Å². The Hall–Kier alpha value is -0.330. The number of carbonyl (C=O) groups excluding carboxylic acids is 1. The zero-order chi connectivity index (χ0) is 11.8. The van der Waals surface area contributed by atoms with Crippen LogP contribution in [0.2, 0.25) is 0 Å². The van der Waals surface area contributed by atoms with E-state index in [0.717, 1.165) is 30.6 Å². The second-order valence-electron chi connectivity index (χ2n) is 3.27. The molecule has 0 radical (unpaired) electrons. The van der Waals surface area contributed by atoms with E-state index >= 15 is 0 Å². The fourth-order valence-corrected chi connectivity index (χ4v) is 2.53. The number of morpholine rings is 1. The van der Waals surface area contributed by atoms with Crippen LogP contribution in [0.5, 0.6) is 0 Å². The van der Waals surface area contributed by atoms with Crippen molar-refractivity contribution in [1.82, 2.24) is 4.90 Å². The first kappa shape index (κ1) is 13.7. The molecule has 0 aromatic carbocycles. The Labute approximate surface area is 106 Å². The molecule has 1 rings (SSSR count). The third-order valence-electron chi connectivity index (χ3n) is 2.11. The van der Waals surface area contributed by atoms with Gasteiger partial charge in [0.1, 0.15) is 4.32 Å². The highest BCUT2D eigenvalue weighted by molar-refractivity contribution is 8.22. The summed E-state index contributed by atoms with van der Waals surface area (Å²) in [5.74, 6) is 0.537. The molecule has 0 bridgehead atoms. The van der Waals surface area contributed by atoms with Crippen LogP contribution < -0.4 is 0 Å². The van der Waals surface area contributed by atoms with Gasteiger partial charge in [0.05, 0.1) is 26.2 Å². The molecule has 1 heterocycles. The van der Waals surface area contributed by atoms with E-state index in [-0.39, 0.29) is 5.97 Å². The molecule has 0 aromatic rings. The topological polar surface area (TPSA) is 38.8 Å². The van der Waals surface area contributed by atoms with E-state index in [2.05, 4.69) is 4.90 Å². The molecule has 0 N–H and O–H groups in total. The van der Waals surface area contributed by atoms with Crippen LogP contribution in [-0.4, -0.2) is 53.9 Å². The van der Waals surface area contributed by atoms with E-state index in [0.29, 0.717) is 18.8 Å². The Morgan fingerprint density at radius 1 is 1.50 bits per heavy atom. The Kier molecular flexibility index (Phi) is 6.75. The van der Waals surface area contributed by atoms with Crippen molar-refractivity contribution in [3.8, 4) is 0 Å². The zero-order valence-electron chi connectivity index (χ0n) is 9.44. The smallest absolute Gasteiger partial charge is 0.306 e. The van der Waals surface area contributed by atoms with Gasteiger partial charge in [-0.05, 0) is 6.92 Å². The van der Waals surface area contributed by atoms with Crippen molar-refractivity contribution in [2.45, 2.75) is 13.3 Å². The monoisotopic (exact) mass is 263 g/mol. The molecule has 0 unspecified atom stereocenters. The van der Waals surface area contributed by atoms with Crippen LogP contribution in [0.15, 0.2) is 0 Å². The molecular weight excluding hydrogens is 246 g/mol. The van der Waals surface area contributed by atoms with Gasteiger partial charge >= 0.3 is 5.97 Å². The number of ether oxygens (including phenoxy) is 2. The number of hydrogen-bond acceptors (Lipinski definition) is 5. The summed E-state index contributed by atoms with van der Waals surface area (Å²) in [7, 11) is 0. The highest BCUT2D eigenvalue weighted by atomic mass is 32.2. The number of thiocarbonyl (C=S) groups is 1. The molecule has 0 aliphatic carbocycles. The van der Waals surface area contributed by atoms with Crippen molar-refractivity contribution in [3.05, 3.63) is 0 Å². The second kappa shape index (κ2) is 7.86.